The van der Waals surface area contributed by atoms with E-state index >= 15 is 0 Å². The van der Waals surface area contributed by atoms with Gasteiger partial charge in [-0.25, -0.2) is 17.8 Å². The van der Waals surface area contributed by atoms with E-state index in [0.717, 1.165) is 18.4 Å². The predicted octanol–water partition coefficient (Wildman–Crippen LogP) is 4.04. The molecule has 16 nitrogen and oxygen atoms in total. The number of carbonyl (C=O) groups is 4. The summed E-state index contributed by atoms with van der Waals surface area (Å²) in [5, 5.41) is 9.92. The zero-order valence-corrected chi connectivity index (χ0v) is 35.4. The minimum Gasteiger partial charge on any atom is -0.496 e. The van der Waals surface area contributed by atoms with Crippen molar-refractivity contribution in [2.24, 2.45) is 5.92 Å². The molecule has 3 N–H and O–H groups in total. The van der Waals surface area contributed by atoms with Gasteiger partial charge < -0.3 is 29.7 Å². The lowest BCUT2D eigenvalue weighted by Gasteiger charge is -2.29. The molecule has 3 aromatic rings. The van der Waals surface area contributed by atoms with Gasteiger partial charge in [-0.05, 0) is 84.4 Å². The lowest BCUT2D eigenvalue weighted by Crippen LogP contribution is -2.58. The number of nitrogens with one attached hydrogen (secondary N) is 3. The molecule has 6 unspecified atom stereocenters. The average molecular weight is 852 g/mol. The molecule has 0 bridgehead atoms. The summed E-state index contributed by atoms with van der Waals surface area (Å²) in [6.07, 6.45) is 7.15. The average Bonchev–Trinajstić information content (AvgIpc) is 4.07. The number of benzene rings is 1. The second kappa shape index (κ2) is 17.4. The van der Waals surface area contributed by atoms with E-state index in [2.05, 4.69) is 20.5 Å². The number of pyridine rings is 1. The van der Waals surface area contributed by atoms with Crippen LogP contribution < -0.4 is 29.6 Å². The van der Waals surface area contributed by atoms with Crippen molar-refractivity contribution in [3.8, 4) is 17.4 Å². The van der Waals surface area contributed by atoms with Crippen LogP contribution >= 0.6 is 0 Å². The summed E-state index contributed by atoms with van der Waals surface area (Å²) in [4.78, 5) is 62.9. The van der Waals surface area contributed by atoms with Gasteiger partial charge in [-0.1, -0.05) is 25.0 Å². The van der Waals surface area contributed by atoms with E-state index < -0.39 is 74.7 Å². The second-order valence-corrected chi connectivity index (χ2v) is 18.6. The van der Waals surface area contributed by atoms with E-state index in [1.807, 2.05) is 39.0 Å². The van der Waals surface area contributed by atoms with Gasteiger partial charge in [0.15, 0.2) is 0 Å². The first-order valence-electron chi connectivity index (χ1n) is 20.7. The number of carbonyl (C=O) groups excluding carboxylic acids is 4. The minimum absolute atomic E-state index is 0.00195. The molecule has 2 aliphatic carbocycles. The van der Waals surface area contributed by atoms with Gasteiger partial charge in [-0.15, -0.1) is 0 Å². The molecule has 1 aromatic carbocycles. The van der Waals surface area contributed by atoms with Crippen molar-refractivity contribution in [2.45, 2.75) is 133 Å². The first-order valence-corrected chi connectivity index (χ1v) is 22.3. The Kier molecular flexibility index (Phi) is 12.4. The Morgan fingerprint density at radius 3 is 2.58 bits per heavy atom. The SMILES string of the molecule is COc1ccc2c(OC3CC4C(=O)NC5(C(=O)NS(=O)(=O)C6CC6)CC5C=CCCCCCC(NC(=O)c5ccn(CC(C)F)n5)C(=O)N4C3)cc(OC(C)C)nc2c1C. The van der Waals surface area contributed by atoms with Crippen molar-refractivity contribution in [3.05, 3.63) is 53.9 Å². The normalized spacial score (nSPS) is 25.4. The first kappa shape index (κ1) is 42.8. The fraction of sp³-hybridized carbons (Fsp3) is 0.571. The predicted molar refractivity (Wildman–Crippen MR) is 219 cm³/mol. The molecular weight excluding hydrogens is 798 g/mol. The van der Waals surface area contributed by atoms with Crippen LogP contribution in [0.25, 0.3) is 10.9 Å². The fourth-order valence-electron chi connectivity index (χ4n) is 8.08. The highest BCUT2D eigenvalue weighted by molar-refractivity contribution is 7.91. The lowest BCUT2D eigenvalue weighted by molar-refractivity contribution is -0.141. The second-order valence-electron chi connectivity index (χ2n) is 16.6. The van der Waals surface area contributed by atoms with Crippen LogP contribution in [0.3, 0.4) is 0 Å². The van der Waals surface area contributed by atoms with Crippen molar-refractivity contribution < 1.29 is 46.2 Å². The summed E-state index contributed by atoms with van der Waals surface area (Å²) >= 11 is 0. The molecule has 4 amide bonds. The molecule has 18 heteroatoms. The van der Waals surface area contributed by atoms with Crippen molar-refractivity contribution in [1.82, 2.24) is 35.0 Å². The largest absolute Gasteiger partial charge is 0.496 e. The Morgan fingerprint density at radius 2 is 1.87 bits per heavy atom. The highest BCUT2D eigenvalue weighted by atomic mass is 32.2. The van der Waals surface area contributed by atoms with E-state index in [-0.39, 0.29) is 44.1 Å². The van der Waals surface area contributed by atoms with Gasteiger partial charge in [0.25, 0.3) is 11.8 Å². The Labute approximate surface area is 349 Å². The first-order chi connectivity index (χ1) is 28.6. The quantitative estimate of drug-likeness (QED) is 0.222. The Hall–Kier alpha value is -5.26. The third kappa shape index (κ3) is 9.37. The van der Waals surface area contributed by atoms with Crippen LogP contribution in [0.4, 0.5) is 4.39 Å². The molecule has 0 radical (unpaired) electrons. The third-order valence-electron chi connectivity index (χ3n) is 11.5. The summed E-state index contributed by atoms with van der Waals surface area (Å²) in [6.45, 7) is 6.88. The number of halogens is 1. The number of rotatable bonds is 12. The van der Waals surface area contributed by atoms with E-state index in [9.17, 15) is 32.0 Å². The van der Waals surface area contributed by atoms with Gasteiger partial charge >= 0.3 is 0 Å². The lowest BCUT2D eigenvalue weighted by atomic mass is 10.0. The van der Waals surface area contributed by atoms with E-state index in [0.29, 0.717) is 54.0 Å². The topological polar surface area (TPSA) is 200 Å². The molecule has 4 aliphatic rings. The van der Waals surface area contributed by atoms with Crippen molar-refractivity contribution in [2.75, 3.05) is 13.7 Å². The molecule has 324 valence electrons. The molecule has 1 saturated heterocycles. The number of sulfonamides is 1. The van der Waals surface area contributed by atoms with Crippen LogP contribution in [0.2, 0.25) is 0 Å². The van der Waals surface area contributed by atoms with Crippen molar-refractivity contribution >= 4 is 44.6 Å². The Balaban J connectivity index is 1.22. The number of alkyl halides is 1. The van der Waals surface area contributed by atoms with Gasteiger partial charge in [0.2, 0.25) is 27.7 Å². The van der Waals surface area contributed by atoms with E-state index in [4.69, 9.17) is 19.2 Å². The Bertz CT molecular complexity index is 2280. The zero-order valence-electron chi connectivity index (χ0n) is 34.6. The van der Waals surface area contributed by atoms with Crippen LogP contribution in [0, 0.1) is 12.8 Å². The number of hydrogen-bond donors (Lipinski definition) is 3. The summed E-state index contributed by atoms with van der Waals surface area (Å²) in [6, 6.07) is 4.48. The maximum absolute atomic E-state index is 14.8. The molecule has 4 heterocycles. The molecule has 2 saturated carbocycles. The standard InChI is InChI=1S/C42H54FN7O9S/c1-24(2)58-36-20-35(30-15-16-34(57-5)26(4)37(30)45-36)59-28-19-33-39(52)46-42(41(54)48-60(55,56)29-13-14-29)21-27(42)11-9-7-6-8-10-12-32(40(53)50(33)23-28)44-38(51)31-17-18-49(47-31)22-25(3)43/h9,11,15-18,20,24-25,27-29,32-33H,6-8,10,12-14,19,21-23H2,1-5H3,(H,44,51)(H,46,52)(H,48,54). The van der Waals surface area contributed by atoms with Crippen LogP contribution in [-0.4, -0.2) is 107 Å². The maximum Gasteiger partial charge on any atom is 0.272 e. The van der Waals surface area contributed by atoms with Gasteiger partial charge in [-0.3, -0.25) is 28.6 Å². The summed E-state index contributed by atoms with van der Waals surface area (Å²) in [5.74, 6) is -1.79. The third-order valence-corrected chi connectivity index (χ3v) is 13.3. The highest BCUT2D eigenvalue weighted by Crippen LogP contribution is 2.46. The van der Waals surface area contributed by atoms with Gasteiger partial charge in [-0.2, -0.15) is 5.10 Å². The number of allylic oxidation sites excluding steroid dienone is 1. The molecule has 0 spiro atoms. The summed E-state index contributed by atoms with van der Waals surface area (Å²) in [7, 11) is -2.37. The molecule has 6 atom stereocenters. The number of methoxy groups -OCH3 is 1. The van der Waals surface area contributed by atoms with Crippen LogP contribution in [0.15, 0.2) is 42.6 Å². The van der Waals surface area contributed by atoms with Crippen molar-refractivity contribution in [3.63, 3.8) is 0 Å². The zero-order chi connectivity index (χ0) is 42.9. The monoisotopic (exact) mass is 851 g/mol. The number of amides is 4. The number of fused-ring (bicyclic) bond motifs is 3. The summed E-state index contributed by atoms with van der Waals surface area (Å²) in [5.41, 5.74) is -0.206. The minimum atomic E-state index is -3.93. The molecular formula is C42H54FN7O9S. The number of aromatic nitrogens is 3. The van der Waals surface area contributed by atoms with Crippen LogP contribution in [-0.2, 0) is 31.0 Å². The summed E-state index contributed by atoms with van der Waals surface area (Å²) < 4.78 is 61.3. The number of hydrogen-bond acceptors (Lipinski definition) is 11. The smallest absolute Gasteiger partial charge is 0.272 e. The number of ether oxygens (including phenoxy) is 3. The molecule has 60 heavy (non-hydrogen) atoms. The maximum atomic E-state index is 14.8. The molecule has 3 fully saturated rings. The molecule has 7 rings (SSSR count). The van der Waals surface area contributed by atoms with Gasteiger partial charge in [0.1, 0.15) is 47.1 Å². The van der Waals surface area contributed by atoms with E-state index in [1.165, 1.54) is 28.8 Å². The number of nitrogens with zero attached hydrogens (tertiary/aromatic N) is 4. The molecule has 2 aromatic heterocycles. The Morgan fingerprint density at radius 1 is 1.08 bits per heavy atom. The van der Waals surface area contributed by atoms with Crippen LogP contribution in [0.1, 0.15) is 94.6 Å². The van der Waals surface area contributed by atoms with E-state index in [1.54, 1.807) is 19.2 Å². The van der Waals surface area contributed by atoms with Crippen LogP contribution in [0.5, 0.6) is 17.4 Å². The van der Waals surface area contributed by atoms with Gasteiger partial charge in [0.05, 0.1) is 37.1 Å². The fourth-order valence-corrected chi connectivity index (χ4v) is 9.44. The number of aryl methyl sites for hydroxylation is 1. The van der Waals surface area contributed by atoms with Crippen molar-refractivity contribution in [1.29, 1.82) is 0 Å². The highest BCUT2D eigenvalue weighted by Gasteiger charge is 2.62. The molecule has 2 aliphatic heterocycles. The van der Waals surface area contributed by atoms with Gasteiger partial charge in [0, 0.05) is 35.6 Å².